The Balaban J connectivity index is 2.38. The van der Waals surface area contributed by atoms with Crippen LogP contribution in [0, 0.1) is 12.7 Å². The van der Waals surface area contributed by atoms with Crippen molar-refractivity contribution in [1.82, 2.24) is 5.32 Å². The molecule has 3 heteroatoms. The first-order valence-electron chi connectivity index (χ1n) is 7.49. The molecule has 21 heavy (non-hydrogen) atoms. The summed E-state index contributed by atoms with van der Waals surface area (Å²) in [5.41, 5.74) is 4.19. The van der Waals surface area contributed by atoms with Crippen molar-refractivity contribution in [3.05, 3.63) is 59.4 Å². The Bertz CT molecular complexity index is 596. The SMILES string of the molecule is CCNCc1cc(F)cc(N(CC)c2ccccc2C)c1. The standard InChI is InChI=1S/C18H23FN2/c1-4-20-13-15-10-16(19)12-17(11-15)21(5-2)18-9-7-6-8-14(18)3/h6-12,20H,4-5,13H2,1-3H3. The average molecular weight is 286 g/mol. The molecule has 2 aromatic carbocycles. The molecule has 0 atom stereocenters. The molecule has 0 saturated heterocycles. The van der Waals surface area contributed by atoms with Crippen LogP contribution in [0.2, 0.25) is 0 Å². The highest BCUT2D eigenvalue weighted by atomic mass is 19.1. The van der Waals surface area contributed by atoms with Crippen LogP contribution in [-0.4, -0.2) is 13.1 Å². The van der Waals surface area contributed by atoms with Gasteiger partial charge in [0.15, 0.2) is 0 Å². The molecule has 2 nitrogen and oxygen atoms in total. The lowest BCUT2D eigenvalue weighted by Gasteiger charge is -2.25. The van der Waals surface area contributed by atoms with E-state index in [0.29, 0.717) is 6.54 Å². The first kappa shape index (κ1) is 15.5. The minimum atomic E-state index is -0.188. The highest BCUT2D eigenvalue weighted by molar-refractivity contribution is 5.66. The molecular weight excluding hydrogens is 263 g/mol. The molecule has 2 rings (SSSR count). The molecule has 0 spiro atoms. The third-order valence-electron chi connectivity index (χ3n) is 3.56. The number of anilines is 2. The van der Waals surface area contributed by atoms with E-state index in [1.54, 1.807) is 12.1 Å². The van der Waals surface area contributed by atoms with Crippen molar-refractivity contribution in [3.8, 4) is 0 Å². The maximum atomic E-state index is 13.9. The molecule has 0 radical (unpaired) electrons. The lowest BCUT2D eigenvalue weighted by Crippen LogP contribution is -2.18. The Hall–Kier alpha value is -1.87. The second kappa shape index (κ2) is 7.23. The summed E-state index contributed by atoms with van der Waals surface area (Å²) in [5.74, 6) is -0.188. The van der Waals surface area contributed by atoms with E-state index in [1.807, 2.05) is 19.1 Å². The quantitative estimate of drug-likeness (QED) is 0.846. The van der Waals surface area contributed by atoms with E-state index in [9.17, 15) is 4.39 Å². The van der Waals surface area contributed by atoms with Gasteiger partial charge in [-0.25, -0.2) is 4.39 Å². The summed E-state index contributed by atoms with van der Waals surface area (Å²) in [6.45, 7) is 8.58. The number of halogens is 1. The number of rotatable bonds is 6. The van der Waals surface area contributed by atoms with Crippen molar-refractivity contribution >= 4 is 11.4 Å². The third-order valence-corrected chi connectivity index (χ3v) is 3.56. The Kier molecular flexibility index (Phi) is 5.34. The van der Waals surface area contributed by atoms with Gasteiger partial charge in [0.25, 0.3) is 0 Å². The fourth-order valence-electron chi connectivity index (χ4n) is 2.52. The Morgan fingerprint density at radius 2 is 1.86 bits per heavy atom. The van der Waals surface area contributed by atoms with Crippen molar-refractivity contribution in [1.29, 1.82) is 0 Å². The molecule has 0 aromatic heterocycles. The van der Waals surface area contributed by atoms with Crippen LogP contribution in [-0.2, 0) is 6.54 Å². The van der Waals surface area contributed by atoms with E-state index in [-0.39, 0.29) is 5.82 Å². The van der Waals surface area contributed by atoms with Gasteiger partial charge >= 0.3 is 0 Å². The van der Waals surface area contributed by atoms with E-state index >= 15 is 0 Å². The minimum Gasteiger partial charge on any atom is -0.341 e. The zero-order chi connectivity index (χ0) is 15.2. The van der Waals surface area contributed by atoms with Gasteiger partial charge in [0.2, 0.25) is 0 Å². The van der Waals surface area contributed by atoms with Crippen molar-refractivity contribution < 1.29 is 4.39 Å². The number of nitrogens with zero attached hydrogens (tertiary/aromatic N) is 1. The van der Waals surface area contributed by atoms with E-state index in [0.717, 1.165) is 30.0 Å². The van der Waals surface area contributed by atoms with Crippen molar-refractivity contribution in [3.63, 3.8) is 0 Å². The topological polar surface area (TPSA) is 15.3 Å². The van der Waals surface area contributed by atoms with Crippen LogP contribution in [0.1, 0.15) is 25.0 Å². The van der Waals surface area contributed by atoms with Gasteiger partial charge in [-0.05, 0) is 55.8 Å². The van der Waals surface area contributed by atoms with Crippen LogP contribution in [0.4, 0.5) is 15.8 Å². The first-order chi connectivity index (χ1) is 10.2. The summed E-state index contributed by atoms with van der Waals surface area (Å²) in [6, 6.07) is 13.5. The molecule has 1 N–H and O–H groups in total. The molecule has 2 aromatic rings. The fourth-order valence-corrected chi connectivity index (χ4v) is 2.52. The molecule has 0 heterocycles. The summed E-state index contributed by atoms with van der Waals surface area (Å²) in [6.07, 6.45) is 0. The van der Waals surface area contributed by atoms with Crippen molar-refractivity contribution in [2.75, 3.05) is 18.0 Å². The highest BCUT2D eigenvalue weighted by Gasteiger charge is 2.11. The van der Waals surface area contributed by atoms with Crippen molar-refractivity contribution in [2.45, 2.75) is 27.3 Å². The molecule has 0 bridgehead atoms. The predicted molar refractivity (Wildman–Crippen MR) is 87.6 cm³/mol. The van der Waals surface area contributed by atoms with Gasteiger partial charge in [-0.1, -0.05) is 25.1 Å². The smallest absolute Gasteiger partial charge is 0.125 e. The lowest BCUT2D eigenvalue weighted by molar-refractivity contribution is 0.621. The van der Waals surface area contributed by atoms with Crippen LogP contribution >= 0.6 is 0 Å². The lowest BCUT2D eigenvalue weighted by atomic mass is 10.1. The number of hydrogen-bond donors (Lipinski definition) is 1. The van der Waals surface area contributed by atoms with Crippen LogP contribution in [0.5, 0.6) is 0 Å². The number of aryl methyl sites for hydroxylation is 1. The van der Waals surface area contributed by atoms with Crippen LogP contribution < -0.4 is 10.2 Å². The van der Waals surface area contributed by atoms with Gasteiger partial charge < -0.3 is 10.2 Å². The summed E-state index contributed by atoms with van der Waals surface area (Å²) < 4.78 is 13.9. The molecule has 0 fully saturated rings. The first-order valence-corrected chi connectivity index (χ1v) is 7.49. The summed E-state index contributed by atoms with van der Waals surface area (Å²) >= 11 is 0. The zero-order valence-electron chi connectivity index (χ0n) is 13.0. The monoisotopic (exact) mass is 286 g/mol. The predicted octanol–water partition coefficient (Wildman–Crippen LogP) is 4.40. The van der Waals surface area contributed by atoms with Crippen LogP contribution in [0.25, 0.3) is 0 Å². The van der Waals surface area contributed by atoms with E-state index in [2.05, 4.69) is 42.3 Å². The minimum absolute atomic E-state index is 0.188. The molecule has 0 unspecified atom stereocenters. The normalized spacial score (nSPS) is 10.7. The van der Waals surface area contributed by atoms with Gasteiger partial charge in [-0.3, -0.25) is 0 Å². The molecule has 0 aliphatic carbocycles. The second-order valence-corrected chi connectivity index (χ2v) is 5.13. The highest BCUT2D eigenvalue weighted by Crippen LogP contribution is 2.29. The number of hydrogen-bond acceptors (Lipinski definition) is 2. The average Bonchev–Trinajstić information content (AvgIpc) is 2.47. The third kappa shape index (κ3) is 3.82. The van der Waals surface area contributed by atoms with E-state index in [1.165, 1.54) is 5.56 Å². The van der Waals surface area contributed by atoms with Gasteiger partial charge in [0, 0.05) is 24.5 Å². The summed E-state index contributed by atoms with van der Waals surface area (Å²) in [5, 5.41) is 3.24. The fraction of sp³-hybridized carbons (Fsp3) is 0.333. The van der Waals surface area contributed by atoms with Gasteiger partial charge in [0.1, 0.15) is 5.82 Å². The molecule has 0 saturated carbocycles. The molecule has 0 aliphatic rings. The number of para-hydroxylation sites is 1. The maximum absolute atomic E-state index is 13.9. The number of nitrogens with one attached hydrogen (secondary N) is 1. The molecule has 0 aliphatic heterocycles. The van der Waals surface area contributed by atoms with Gasteiger partial charge in [-0.15, -0.1) is 0 Å². The van der Waals surface area contributed by atoms with Crippen LogP contribution in [0.3, 0.4) is 0 Å². The largest absolute Gasteiger partial charge is 0.341 e. The maximum Gasteiger partial charge on any atom is 0.125 e. The Labute approximate surface area is 126 Å². The van der Waals surface area contributed by atoms with E-state index in [4.69, 9.17) is 0 Å². The van der Waals surface area contributed by atoms with E-state index < -0.39 is 0 Å². The van der Waals surface area contributed by atoms with Crippen molar-refractivity contribution in [2.24, 2.45) is 0 Å². The zero-order valence-corrected chi connectivity index (χ0v) is 13.0. The second-order valence-electron chi connectivity index (χ2n) is 5.13. The Morgan fingerprint density at radius 1 is 1.10 bits per heavy atom. The molecular formula is C18H23FN2. The molecule has 112 valence electrons. The summed E-state index contributed by atoms with van der Waals surface area (Å²) in [4.78, 5) is 2.15. The van der Waals surface area contributed by atoms with Gasteiger partial charge in [0.05, 0.1) is 0 Å². The number of benzene rings is 2. The summed E-state index contributed by atoms with van der Waals surface area (Å²) in [7, 11) is 0. The Morgan fingerprint density at radius 3 is 2.52 bits per heavy atom. The van der Waals surface area contributed by atoms with Crippen LogP contribution in [0.15, 0.2) is 42.5 Å². The molecule has 0 amide bonds. The van der Waals surface area contributed by atoms with Gasteiger partial charge in [-0.2, -0.15) is 0 Å².